The molecule has 0 aromatic rings. The summed E-state index contributed by atoms with van der Waals surface area (Å²) in [6, 6.07) is 0. The molecule has 0 unspecified atom stereocenters. The van der Waals surface area contributed by atoms with Crippen LogP contribution < -0.4 is 0 Å². The van der Waals surface area contributed by atoms with Crippen molar-refractivity contribution in [2.75, 3.05) is 0 Å². The first kappa shape index (κ1) is 19.4. The molecule has 4 nitrogen and oxygen atoms in total. The Labute approximate surface area is 96.6 Å². The van der Waals surface area contributed by atoms with Gasteiger partial charge in [0.05, 0.1) is 12.8 Å². The van der Waals surface area contributed by atoms with E-state index in [9.17, 15) is 19.2 Å². The van der Waals surface area contributed by atoms with E-state index >= 15 is 0 Å². The number of carbonyl (C=O) groups excluding carboxylic acids is 4. The molecule has 0 saturated carbocycles. The molecule has 0 aliphatic heterocycles. The van der Waals surface area contributed by atoms with E-state index in [1.165, 1.54) is 27.7 Å². The van der Waals surface area contributed by atoms with Crippen LogP contribution in [-0.4, -0.2) is 33.3 Å². The molecule has 0 bridgehead atoms. The zero-order valence-electron chi connectivity index (χ0n) is 11.8. The standard InChI is InChI=1S/2C5H8O2.Be.2H/c2*1-4(6)3-5(2)7;;;/h2*3H2,1-2H3;;;/q;;+2;2*-1. The van der Waals surface area contributed by atoms with Gasteiger partial charge in [0.25, 0.3) is 0 Å². The van der Waals surface area contributed by atoms with Crippen molar-refractivity contribution in [1.82, 2.24) is 0 Å². The number of hydrogen-bond donors (Lipinski definition) is 0. The van der Waals surface area contributed by atoms with Gasteiger partial charge in [-0.25, -0.2) is 0 Å². The third kappa shape index (κ3) is 32.2. The van der Waals surface area contributed by atoms with E-state index < -0.39 is 0 Å². The topological polar surface area (TPSA) is 68.3 Å². The maximum absolute atomic E-state index is 10.0. The zero-order valence-corrected chi connectivity index (χ0v) is 9.75. The Balaban J connectivity index is -0.0000000480. The minimum Gasteiger partial charge on any atom is -1.00 e. The van der Waals surface area contributed by atoms with E-state index in [-0.39, 0.29) is 48.9 Å². The van der Waals surface area contributed by atoms with Crippen molar-refractivity contribution in [3.8, 4) is 0 Å². The van der Waals surface area contributed by atoms with Gasteiger partial charge in [-0.1, -0.05) is 0 Å². The fourth-order valence-corrected chi connectivity index (χ4v) is 0.701. The molecule has 0 aromatic carbocycles. The summed E-state index contributed by atoms with van der Waals surface area (Å²) in [5.74, 6) is -0.250. The fourth-order valence-electron chi connectivity index (χ4n) is 0.701. The second kappa shape index (κ2) is 10.9. The maximum atomic E-state index is 10.0. The quantitative estimate of drug-likeness (QED) is 0.513. The molecule has 0 saturated heterocycles. The summed E-state index contributed by atoms with van der Waals surface area (Å²) in [5, 5.41) is 0. The summed E-state index contributed by atoms with van der Waals surface area (Å²) >= 11 is 0. The molecule has 0 radical (unpaired) electrons. The van der Waals surface area contributed by atoms with Crippen molar-refractivity contribution in [2.24, 2.45) is 0 Å². The van der Waals surface area contributed by atoms with Gasteiger partial charge in [0, 0.05) is 0 Å². The molecule has 0 heterocycles. The van der Waals surface area contributed by atoms with Gasteiger partial charge in [-0.05, 0) is 27.7 Å². The van der Waals surface area contributed by atoms with Crippen LogP contribution in [0.15, 0.2) is 0 Å². The van der Waals surface area contributed by atoms with Crippen molar-refractivity contribution in [3.05, 3.63) is 0 Å². The molecule has 0 fully saturated rings. The van der Waals surface area contributed by atoms with Gasteiger partial charge in [-0.15, -0.1) is 0 Å². The summed E-state index contributed by atoms with van der Waals surface area (Å²) in [4.78, 5) is 40.1. The number of Topliss-reactive ketones (excluding diaryl/α,β-unsaturated/α-hetero) is 4. The van der Waals surface area contributed by atoms with Gasteiger partial charge in [-0.2, -0.15) is 0 Å². The van der Waals surface area contributed by atoms with Crippen LogP contribution in [0.4, 0.5) is 0 Å². The number of hydrogen-bond acceptors (Lipinski definition) is 4. The largest absolute Gasteiger partial charge is 2.00 e. The van der Waals surface area contributed by atoms with E-state index in [1.54, 1.807) is 0 Å². The van der Waals surface area contributed by atoms with Crippen LogP contribution in [0.2, 0.25) is 0 Å². The molecular formula is C10H18BeO4. The van der Waals surface area contributed by atoms with Gasteiger partial charge < -0.3 is 2.85 Å². The van der Waals surface area contributed by atoms with E-state index in [4.69, 9.17) is 0 Å². The van der Waals surface area contributed by atoms with Crippen LogP contribution >= 0.6 is 0 Å². The monoisotopic (exact) mass is 211 g/mol. The number of carbonyl (C=O) groups is 4. The smallest absolute Gasteiger partial charge is 1.00 e. The number of ketones is 4. The van der Waals surface area contributed by atoms with Crippen molar-refractivity contribution in [2.45, 2.75) is 40.5 Å². The molecule has 0 aliphatic rings. The first-order valence-electron chi connectivity index (χ1n) is 4.23. The zero-order chi connectivity index (χ0) is 11.7. The summed E-state index contributed by atoms with van der Waals surface area (Å²) in [5.41, 5.74) is 0. The molecule has 0 rings (SSSR count). The average Bonchev–Trinajstić information content (AvgIpc) is 1.79. The molecule has 0 atom stereocenters. The van der Waals surface area contributed by atoms with Gasteiger partial charge in [-0.3, -0.25) is 19.2 Å². The first-order valence-corrected chi connectivity index (χ1v) is 4.23. The predicted molar refractivity (Wildman–Crippen MR) is 59.9 cm³/mol. The Kier molecular flexibility index (Phi) is 14.2. The van der Waals surface area contributed by atoms with Crippen LogP contribution in [0.3, 0.4) is 0 Å². The molecule has 84 valence electrons. The van der Waals surface area contributed by atoms with Gasteiger partial charge in [0.1, 0.15) is 23.1 Å². The van der Waals surface area contributed by atoms with Crippen LogP contribution in [0.1, 0.15) is 43.4 Å². The normalized spacial score (nSPS) is 7.73. The van der Waals surface area contributed by atoms with Crippen molar-refractivity contribution < 1.29 is 22.0 Å². The molecule has 0 amide bonds. The van der Waals surface area contributed by atoms with Crippen molar-refractivity contribution in [3.63, 3.8) is 0 Å². The molecule has 0 N–H and O–H groups in total. The summed E-state index contributed by atoms with van der Waals surface area (Å²) in [7, 11) is 0. The van der Waals surface area contributed by atoms with Crippen molar-refractivity contribution in [1.29, 1.82) is 0 Å². The van der Waals surface area contributed by atoms with E-state index in [0.29, 0.717) is 0 Å². The molecule has 5 heteroatoms. The van der Waals surface area contributed by atoms with E-state index in [1.807, 2.05) is 0 Å². The molecule has 0 aliphatic carbocycles. The van der Waals surface area contributed by atoms with Crippen molar-refractivity contribution >= 4 is 33.3 Å². The minimum absolute atomic E-state index is 0. The van der Waals surface area contributed by atoms with Crippen LogP contribution in [0.5, 0.6) is 0 Å². The fraction of sp³-hybridized carbons (Fsp3) is 0.600. The Bertz CT molecular complexity index is 205. The third-order valence-corrected chi connectivity index (χ3v) is 0.996. The second-order valence-electron chi connectivity index (χ2n) is 3.16. The van der Waals surface area contributed by atoms with Crippen LogP contribution in [-0.2, 0) is 19.2 Å². The van der Waals surface area contributed by atoms with Gasteiger partial charge in [0.15, 0.2) is 0 Å². The minimum atomic E-state index is -0.0625. The molecule has 15 heavy (non-hydrogen) atoms. The first-order chi connectivity index (χ1) is 6.25. The van der Waals surface area contributed by atoms with Crippen LogP contribution in [0.25, 0.3) is 0 Å². The predicted octanol–water partition coefficient (Wildman–Crippen LogP) is 0.953. The molecule has 0 aromatic heterocycles. The average molecular weight is 211 g/mol. The second-order valence-corrected chi connectivity index (χ2v) is 3.16. The third-order valence-electron chi connectivity index (χ3n) is 0.996. The van der Waals surface area contributed by atoms with Crippen LogP contribution in [0, 0.1) is 0 Å². The Morgan fingerprint density at radius 2 is 0.800 bits per heavy atom. The SMILES string of the molecule is CC(=O)CC(C)=O.CC(=O)CC(C)=O.[Be+2].[H-].[H-]. The Hall–Kier alpha value is -1.15. The molecule has 0 spiro atoms. The Morgan fingerprint density at radius 1 is 0.667 bits per heavy atom. The maximum Gasteiger partial charge on any atom is 2.00 e. The molecular weight excluding hydrogens is 193 g/mol. The van der Waals surface area contributed by atoms with Gasteiger partial charge >= 0.3 is 10.1 Å². The number of rotatable bonds is 4. The summed E-state index contributed by atoms with van der Waals surface area (Å²) in [6.07, 6.45) is 0.167. The summed E-state index contributed by atoms with van der Waals surface area (Å²) < 4.78 is 0. The van der Waals surface area contributed by atoms with E-state index in [2.05, 4.69) is 0 Å². The van der Waals surface area contributed by atoms with Gasteiger partial charge in [0.2, 0.25) is 0 Å². The Morgan fingerprint density at radius 3 is 0.800 bits per heavy atom. The van der Waals surface area contributed by atoms with E-state index in [0.717, 1.165) is 0 Å². The summed E-state index contributed by atoms with van der Waals surface area (Å²) in [6.45, 7) is 5.62.